The SMILES string of the molecule is CC(OC(=O)c1ccc(Cl)c(S(=O)(=O)N2CCCC2)c1)C(=O)Nc1ccc(F)cc1. The highest BCUT2D eigenvalue weighted by atomic mass is 35.5. The van der Waals surface area contributed by atoms with Gasteiger partial charge < -0.3 is 10.1 Å². The average Bonchev–Trinajstić information content (AvgIpc) is 3.25. The second kappa shape index (κ2) is 9.11. The van der Waals surface area contributed by atoms with Crippen LogP contribution in [-0.2, 0) is 19.6 Å². The van der Waals surface area contributed by atoms with Crippen LogP contribution in [0, 0.1) is 5.82 Å². The molecule has 0 spiro atoms. The summed E-state index contributed by atoms with van der Waals surface area (Å²) in [4.78, 5) is 24.5. The number of esters is 1. The first-order valence-corrected chi connectivity index (χ1v) is 11.1. The topological polar surface area (TPSA) is 92.8 Å². The number of nitrogens with one attached hydrogen (secondary N) is 1. The Morgan fingerprint density at radius 3 is 2.40 bits per heavy atom. The lowest BCUT2D eigenvalue weighted by molar-refractivity contribution is -0.123. The fourth-order valence-electron chi connectivity index (χ4n) is 2.95. The first-order chi connectivity index (χ1) is 14.2. The Morgan fingerprint density at radius 1 is 1.13 bits per heavy atom. The maximum absolute atomic E-state index is 12.9. The van der Waals surface area contributed by atoms with Crippen molar-refractivity contribution < 1.29 is 27.1 Å². The maximum atomic E-state index is 12.9. The fraction of sp³-hybridized carbons (Fsp3) is 0.300. The Balaban J connectivity index is 1.72. The van der Waals surface area contributed by atoms with Crippen molar-refractivity contribution in [1.82, 2.24) is 4.31 Å². The van der Waals surface area contributed by atoms with Gasteiger partial charge in [0, 0.05) is 18.8 Å². The molecular weight excluding hydrogens is 435 g/mol. The molecule has 10 heteroatoms. The number of anilines is 1. The smallest absolute Gasteiger partial charge is 0.338 e. The Hall–Kier alpha value is -2.49. The molecule has 1 heterocycles. The van der Waals surface area contributed by atoms with Crippen LogP contribution >= 0.6 is 11.6 Å². The number of ether oxygens (including phenoxy) is 1. The molecule has 0 aliphatic carbocycles. The van der Waals surface area contributed by atoms with Gasteiger partial charge in [-0.15, -0.1) is 0 Å². The van der Waals surface area contributed by atoms with Gasteiger partial charge in [0.05, 0.1) is 10.6 Å². The van der Waals surface area contributed by atoms with Crippen LogP contribution in [0.25, 0.3) is 0 Å². The molecule has 1 aliphatic rings. The molecular formula is C20H20ClFN2O5S. The van der Waals surface area contributed by atoms with Crippen molar-refractivity contribution in [1.29, 1.82) is 0 Å². The Kier molecular flexibility index (Phi) is 6.74. The third-order valence-electron chi connectivity index (χ3n) is 4.61. The minimum absolute atomic E-state index is 0.000511. The molecule has 1 unspecified atom stereocenters. The Labute approximate surface area is 178 Å². The molecule has 1 amide bonds. The van der Waals surface area contributed by atoms with E-state index in [2.05, 4.69) is 5.32 Å². The lowest BCUT2D eigenvalue weighted by Gasteiger charge is -2.17. The number of hydrogen-bond acceptors (Lipinski definition) is 5. The molecule has 2 aromatic rings. The van der Waals surface area contributed by atoms with Crippen molar-refractivity contribution in [3.63, 3.8) is 0 Å². The van der Waals surface area contributed by atoms with Crippen molar-refractivity contribution in [2.45, 2.75) is 30.8 Å². The molecule has 1 N–H and O–H groups in total. The van der Waals surface area contributed by atoms with Gasteiger partial charge in [-0.1, -0.05) is 11.6 Å². The summed E-state index contributed by atoms with van der Waals surface area (Å²) < 4.78 is 45.0. The molecule has 160 valence electrons. The largest absolute Gasteiger partial charge is 0.449 e. The van der Waals surface area contributed by atoms with Crippen LogP contribution in [0.15, 0.2) is 47.4 Å². The number of sulfonamides is 1. The highest BCUT2D eigenvalue weighted by Crippen LogP contribution is 2.28. The van der Waals surface area contributed by atoms with E-state index in [0.29, 0.717) is 18.8 Å². The number of benzene rings is 2. The first kappa shape index (κ1) is 22.2. The number of rotatable bonds is 6. The summed E-state index contributed by atoms with van der Waals surface area (Å²) in [5, 5.41) is 2.50. The highest BCUT2D eigenvalue weighted by molar-refractivity contribution is 7.89. The molecule has 0 saturated carbocycles. The van der Waals surface area contributed by atoms with Crippen molar-refractivity contribution in [3.8, 4) is 0 Å². The second-order valence-electron chi connectivity index (χ2n) is 6.80. The standard InChI is InChI=1S/C20H20ClFN2O5S/c1-13(19(25)23-16-7-5-15(22)6-8-16)29-20(26)14-4-9-17(21)18(12-14)30(27,28)24-10-2-3-11-24/h4-9,12-13H,2-3,10-11H2,1H3,(H,23,25). The van der Waals surface area contributed by atoms with Gasteiger partial charge in [0.25, 0.3) is 5.91 Å². The third kappa shape index (κ3) is 4.97. The molecule has 1 atom stereocenters. The zero-order valence-electron chi connectivity index (χ0n) is 16.1. The zero-order valence-corrected chi connectivity index (χ0v) is 17.7. The van der Waals surface area contributed by atoms with E-state index in [1.54, 1.807) is 0 Å². The summed E-state index contributed by atoms with van der Waals surface area (Å²) in [5.41, 5.74) is 0.299. The molecule has 2 aromatic carbocycles. The fourth-order valence-corrected chi connectivity index (χ4v) is 4.97. The Morgan fingerprint density at radius 2 is 1.77 bits per heavy atom. The summed E-state index contributed by atoms with van der Waals surface area (Å²) in [6.07, 6.45) is 0.357. The van der Waals surface area contributed by atoms with Crippen LogP contribution in [0.3, 0.4) is 0 Å². The lowest BCUT2D eigenvalue weighted by atomic mass is 10.2. The van der Waals surface area contributed by atoms with E-state index < -0.39 is 33.8 Å². The van der Waals surface area contributed by atoms with E-state index in [0.717, 1.165) is 18.9 Å². The van der Waals surface area contributed by atoms with E-state index in [4.69, 9.17) is 16.3 Å². The van der Waals surface area contributed by atoms with Crippen LogP contribution in [0.5, 0.6) is 0 Å². The molecule has 3 rings (SSSR count). The monoisotopic (exact) mass is 454 g/mol. The van der Waals surface area contributed by atoms with E-state index in [1.807, 2.05) is 0 Å². The van der Waals surface area contributed by atoms with Crippen LogP contribution < -0.4 is 5.32 Å². The molecule has 1 aliphatic heterocycles. The van der Waals surface area contributed by atoms with Crippen LogP contribution in [0.4, 0.5) is 10.1 Å². The van der Waals surface area contributed by atoms with Gasteiger partial charge in [0.15, 0.2) is 6.10 Å². The van der Waals surface area contributed by atoms with E-state index >= 15 is 0 Å². The molecule has 0 aromatic heterocycles. The van der Waals surface area contributed by atoms with Gasteiger partial charge in [-0.3, -0.25) is 4.79 Å². The van der Waals surface area contributed by atoms with E-state index in [1.165, 1.54) is 47.6 Å². The van der Waals surface area contributed by atoms with E-state index in [-0.39, 0.29) is 15.5 Å². The van der Waals surface area contributed by atoms with Gasteiger partial charge >= 0.3 is 5.97 Å². The number of halogens is 2. The van der Waals surface area contributed by atoms with Crippen LogP contribution in [0.1, 0.15) is 30.1 Å². The number of carbonyl (C=O) groups excluding carboxylic acids is 2. The molecule has 30 heavy (non-hydrogen) atoms. The van der Waals surface area contributed by atoms with Crippen LogP contribution in [-0.4, -0.2) is 43.8 Å². The Bertz CT molecular complexity index is 1050. The molecule has 1 saturated heterocycles. The van der Waals surface area contributed by atoms with Gasteiger partial charge in [0.2, 0.25) is 10.0 Å². The van der Waals surface area contributed by atoms with Gasteiger partial charge in [-0.2, -0.15) is 4.31 Å². The number of nitrogens with zero attached hydrogens (tertiary/aromatic N) is 1. The molecule has 7 nitrogen and oxygen atoms in total. The predicted molar refractivity (Wildman–Crippen MR) is 109 cm³/mol. The normalized spacial score (nSPS) is 15.6. The van der Waals surface area contributed by atoms with E-state index in [9.17, 15) is 22.4 Å². The number of amides is 1. The third-order valence-corrected chi connectivity index (χ3v) is 6.99. The van der Waals surface area contributed by atoms with Crippen molar-refractivity contribution in [2.24, 2.45) is 0 Å². The molecule has 1 fully saturated rings. The number of carbonyl (C=O) groups is 2. The number of hydrogen-bond donors (Lipinski definition) is 1. The summed E-state index contributed by atoms with van der Waals surface area (Å²) >= 11 is 6.07. The lowest BCUT2D eigenvalue weighted by Crippen LogP contribution is -2.30. The van der Waals surface area contributed by atoms with Gasteiger partial charge in [-0.25, -0.2) is 17.6 Å². The zero-order chi connectivity index (χ0) is 21.9. The predicted octanol–water partition coefficient (Wildman–Crippen LogP) is 3.45. The minimum atomic E-state index is -3.83. The quantitative estimate of drug-likeness (QED) is 0.675. The highest BCUT2D eigenvalue weighted by Gasteiger charge is 2.30. The summed E-state index contributed by atoms with van der Waals surface area (Å²) in [7, 11) is -3.83. The van der Waals surface area contributed by atoms with Gasteiger partial charge in [-0.05, 0) is 62.2 Å². The minimum Gasteiger partial charge on any atom is -0.449 e. The van der Waals surface area contributed by atoms with Gasteiger partial charge in [0.1, 0.15) is 10.7 Å². The maximum Gasteiger partial charge on any atom is 0.338 e. The summed E-state index contributed by atoms with van der Waals surface area (Å²) in [6, 6.07) is 8.91. The molecule has 0 radical (unpaired) electrons. The van der Waals surface area contributed by atoms with Crippen LogP contribution in [0.2, 0.25) is 5.02 Å². The average molecular weight is 455 g/mol. The summed E-state index contributed by atoms with van der Waals surface area (Å²) in [5.74, 6) is -1.94. The van der Waals surface area contributed by atoms with Crippen molar-refractivity contribution >= 4 is 39.2 Å². The van der Waals surface area contributed by atoms with Crippen molar-refractivity contribution in [3.05, 3.63) is 58.9 Å². The first-order valence-electron chi connectivity index (χ1n) is 9.25. The second-order valence-corrected chi connectivity index (χ2v) is 9.11. The molecule has 0 bridgehead atoms. The summed E-state index contributed by atoms with van der Waals surface area (Å²) in [6.45, 7) is 2.16. The van der Waals surface area contributed by atoms with Crippen molar-refractivity contribution in [2.75, 3.05) is 18.4 Å².